The highest BCUT2D eigenvalue weighted by Gasteiger charge is 2.14. The summed E-state index contributed by atoms with van der Waals surface area (Å²) < 4.78 is 0. The average molecular weight is 341 g/mol. The number of hydrogen-bond acceptors (Lipinski definition) is 2. The number of rotatable bonds is 18. The van der Waals surface area contributed by atoms with Crippen LogP contribution in [0.15, 0.2) is 12.2 Å². The van der Waals surface area contributed by atoms with Crippen LogP contribution in [-0.2, 0) is 4.79 Å². The number of aliphatic hydroxyl groups is 1. The monoisotopic (exact) mass is 340 g/mol. The van der Waals surface area contributed by atoms with E-state index in [-0.39, 0.29) is 5.57 Å². The van der Waals surface area contributed by atoms with E-state index in [1.54, 1.807) is 0 Å². The molecule has 0 aromatic heterocycles. The maximum Gasteiger partial charge on any atom is 0.333 e. The highest BCUT2D eigenvalue weighted by atomic mass is 16.4. The van der Waals surface area contributed by atoms with Gasteiger partial charge in [-0.2, -0.15) is 0 Å². The van der Waals surface area contributed by atoms with E-state index < -0.39 is 12.1 Å². The van der Waals surface area contributed by atoms with Crippen molar-refractivity contribution in [1.29, 1.82) is 0 Å². The van der Waals surface area contributed by atoms with Crippen LogP contribution in [0.3, 0.4) is 0 Å². The van der Waals surface area contributed by atoms with Crippen LogP contribution in [0.1, 0.15) is 110 Å². The molecule has 0 fully saturated rings. The van der Waals surface area contributed by atoms with Crippen LogP contribution in [0.4, 0.5) is 0 Å². The Hall–Kier alpha value is -0.830. The fourth-order valence-electron chi connectivity index (χ4n) is 3.03. The van der Waals surface area contributed by atoms with E-state index in [1.165, 1.54) is 83.5 Å². The SMILES string of the molecule is C=C(C(=O)O)C(O)CCCCCCCCCCCCCCCCC. The topological polar surface area (TPSA) is 57.5 Å². The highest BCUT2D eigenvalue weighted by Crippen LogP contribution is 2.15. The van der Waals surface area contributed by atoms with Crippen LogP contribution in [0.25, 0.3) is 0 Å². The minimum Gasteiger partial charge on any atom is -0.478 e. The number of carbonyl (C=O) groups is 1. The fraction of sp³-hybridized carbons (Fsp3) is 0.857. The number of hydrogen-bond donors (Lipinski definition) is 2. The molecule has 0 radical (unpaired) electrons. The first kappa shape index (κ1) is 23.2. The van der Waals surface area contributed by atoms with Gasteiger partial charge in [-0.3, -0.25) is 0 Å². The molecule has 0 aliphatic carbocycles. The lowest BCUT2D eigenvalue weighted by molar-refractivity contribution is -0.133. The fourth-order valence-corrected chi connectivity index (χ4v) is 3.03. The Morgan fingerprint density at radius 1 is 0.750 bits per heavy atom. The number of aliphatic hydroxyl groups excluding tert-OH is 1. The number of aliphatic carboxylic acids is 1. The molecule has 0 saturated heterocycles. The van der Waals surface area contributed by atoms with Gasteiger partial charge in [-0.15, -0.1) is 0 Å². The first-order chi connectivity index (χ1) is 11.6. The second-order valence-corrected chi connectivity index (χ2v) is 7.08. The molecule has 0 saturated carbocycles. The van der Waals surface area contributed by atoms with Gasteiger partial charge in [0.05, 0.1) is 11.7 Å². The van der Waals surface area contributed by atoms with E-state index in [0.717, 1.165) is 12.8 Å². The van der Waals surface area contributed by atoms with Gasteiger partial charge >= 0.3 is 5.97 Å². The van der Waals surface area contributed by atoms with E-state index in [9.17, 15) is 9.90 Å². The molecule has 1 unspecified atom stereocenters. The van der Waals surface area contributed by atoms with Crippen molar-refractivity contribution in [2.75, 3.05) is 0 Å². The molecule has 142 valence electrons. The van der Waals surface area contributed by atoms with E-state index in [2.05, 4.69) is 13.5 Å². The summed E-state index contributed by atoms with van der Waals surface area (Å²) in [4.78, 5) is 10.6. The molecular weight excluding hydrogens is 300 g/mol. The van der Waals surface area contributed by atoms with Gasteiger partial charge in [-0.1, -0.05) is 110 Å². The van der Waals surface area contributed by atoms with Crippen molar-refractivity contribution in [2.45, 2.75) is 116 Å². The zero-order chi connectivity index (χ0) is 18.0. The third kappa shape index (κ3) is 14.7. The van der Waals surface area contributed by atoms with Crippen molar-refractivity contribution in [3.05, 3.63) is 12.2 Å². The predicted molar refractivity (Wildman–Crippen MR) is 102 cm³/mol. The first-order valence-electron chi connectivity index (χ1n) is 10.2. The van der Waals surface area contributed by atoms with Crippen LogP contribution >= 0.6 is 0 Å². The second-order valence-electron chi connectivity index (χ2n) is 7.08. The minimum absolute atomic E-state index is 0.0830. The summed E-state index contributed by atoms with van der Waals surface area (Å²) in [5, 5.41) is 18.3. The summed E-state index contributed by atoms with van der Waals surface area (Å²) in [7, 11) is 0. The molecule has 0 heterocycles. The molecule has 3 heteroatoms. The molecule has 0 amide bonds. The van der Waals surface area contributed by atoms with Crippen LogP contribution in [0, 0.1) is 0 Å². The molecule has 0 aromatic rings. The molecule has 0 aromatic carbocycles. The smallest absolute Gasteiger partial charge is 0.333 e. The minimum atomic E-state index is -1.09. The normalized spacial score (nSPS) is 12.2. The van der Waals surface area contributed by atoms with Crippen molar-refractivity contribution in [1.82, 2.24) is 0 Å². The first-order valence-corrected chi connectivity index (χ1v) is 10.2. The van der Waals surface area contributed by atoms with Crippen molar-refractivity contribution < 1.29 is 15.0 Å². The zero-order valence-corrected chi connectivity index (χ0v) is 15.9. The largest absolute Gasteiger partial charge is 0.478 e. The number of carboxylic acid groups (broad SMARTS) is 1. The van der Waals surface area contributed by atoms with E-state index in [1.807, 2.05) is 0 Å². The number of carboxylic acids is 1. The van der Waals surface area contributed by atoms with Gasteiger partial charge in [0.1, 0.15) is 0 Å². The van der Waals surface area contributed by atoms with Gasteiger partial charge in [-0.05, 0) is 6.42 Å². The third-order valence-corrected chi connectivity index (χ3v) is 4.76. The van der Waals surface area contributed by atoms with E-state index in [0.29, 0.717) is 6.42 Å². The zero-order valence-electron chi connectivity index (χ0n) is 15.9. The highest BCUT2D eigenvalue weighted by molar-refractivity contribution is 5.86. The van der Waals surface area contributed by atoms with Gasteiger partial charge in [0, 0.05) is 0 Å². The lowest BCUT2D eigenvalue weighted by atomic mass is 10.0. The maximum absolute atomic E-state index is 10.6. The quantitative estimate of drug-likeness (QED) is 0.229. The summed E-state index contributed by atoms with van der Waals surface area (Å²) in [5.41, 5.74) is -0.0830. The summed E-state index contributed by atoms with van der Waals surface area (Å²) in [6.45, 7) is 5.66. The van der Waals surface area contributed by atoms with Crippen molar-refractivity contribution >= 4 is 5.97 Å². The van der Waals surface area contributed by atoms with E-state index >= 15 is 0 Å². The van der Waals surface area contributed by atoms with Gasteiger partial charge in [0.25, 0.3) is 0 Å². The maximum atomic E-state index is 10.6. The molecule has 0 aliphatic heterocycles. The third-order valence-electron chi connectivity index (χ3n) is 4.76. The molecule has 24 heavy (non-hydrogen) atoms. The molecule has 1 atom stereocenters. The Bertz CT molecular complexity index is 312. The lowest BCUT2D eigenvalue weighted by Crippen LogP contribution is -2.16. The summed E-state index contributed by atoms with van der Waals surface area (Å²) >= 11 is 0. The van der Waals surface area contributed by atoms with Crippen molar-refractivity contribution in [2.24, 2.45) is 0 Å². The summed E-state index contributed by atoms with van der Waals surface area (Å²) in [6.07, 6.45) is 19.2. The molecule has 0 bridgehead atoms. The Morgan fingerprint density at radius 3 is 1.42 bits per heavy atom. The van der Waals surface area contributed by atoms with Crippen molar-refractivity contribution in [3.63, 3.8) is 0 Å². The van der Waals surface area contributed by atoms with Crippen molar-refractivity contribution in [3.8, 4) is 0 Å². The Kier molecular flexibility index (Phi) is 16.4. The molecule has 0 rings (SSSR count). The molecule has 0 aliphatic rings. The van der Waals surface area contributed by atoms with Gasteiger partial charge < -0.3 is 10.2 Å². The predicted octanol–water partition coefficient (Wildman–Crippen LogP) is 6.25. The van der Waals surface area contributed by atoms with Crippen LogP contribution in [-0.4, -0.2) is 22.3 Å². The van der Waals surface area contributed by atoms with Crippen LogP contribution < -0.4 is 0 Å². The lowest BCUT2D eigenvalue weighted by Gasteiger charge is -2.09. The summed E-state index contributed by atoms with van der Waals surface area (Å²) in [5.74, 6) is -1.09. The molecule has 2 N–H and O–H groups in total. The molecule has 0 spiro atoms. The standard InChI is InChI=1S/C21H40O3/c1-3-4-5-6-7-8-9-10-11-12-13-14-15-16-17-18-20(22)19(2)21(23)24/h20,22H,2-18H2,1H3,(H,23,24). The Labute approximate surface area is 149 Å². The number of unbranched alkanes of at least 4 members (excludes halogenated alkanes) is 14. The van der Waals surface area contributed by atoms with E-state index in [4.69, 9.17) is 5.11 Å². The Morgan fingerprint density at radius 2 is 1.08 bits per heavy atom. The average Bonchev–Trinajstić information content (AvgIpc) is 2.57. The van der Waals surface area contributed by atoms with Gasteiger partial charge in [0.15, 0.2) is 0 Å². The van der Waals surface area contributed by atoms with Crippen LogP contribution in [0.2, 0.25) is 0 Å². The van der Waals surface area contributed by atoms with Crippen LogP contribution in [0.5, 0.6) is 0 Å². The second kappa shape index (κ2) is 17.0. The molecule has 3 nitrogen and oxygen atoms in total. The van der Waals surface area contributed by atoms with Gasteiger partial charge in [-0.25, -0.2) is 4.79 Å². The Balaban J connectivity index is 3.18. The summed E-state index contributed by atoms with van der Waals surface area (Å²) in [6, 6.07) is 0. The van der Waals surface area contributed by atoms with Gasteiger partial charge in [0.2, 0.25) is 0 Å². The molecular formula is C21H40O3.